The van der Waals surface area contributed by atoms with Crippen molar-refractivity contribution >= 4 is 5.97 Å². The topological polar surface area (TPSA) is 72.6 Å². The highest BCUT2D eigenvalue weighted by atomic mass is 16.5. The highest BCUT2D eigenvalue weighted by Gasteiger charge is 2.19. The lowest BCUT2D eigenvalue weighted by Gasteiger charge is -2.08. The number of rotatable bonds is 3. The standard InChI is InChI=1S/C13H13NO4/c1-7-12(8(2)18-14-7)10-5-4-9(17-3)6-11(10)13(15)16/h4-6H,1-3H3,(H,15,16). The summed E-state index contributed by atoms with van der Waals surface area (Å²) in [7, 11) is 1.50. The minimum atomic E-state index is -1.01. The molecule has 94 valence electrons. The number of nitrogens with zero attached hydrogens (tertiary/aromatic N) is 1. The van der Waals surface area contributed by atoms with E-state index in [1.54, 1.807) is 26.0 Å². The Labute approximate surface area is 104 Å². The molecule has 5 heteroatoms. The summed E-state index contributed by atoms with van der Waals surface area (Å²) in [5.74, 6) is 0.0898. The molecule has 0 aliphatic rings. The van der Waals surface area contributed by atoms with E-state index in [1.807, 2.05) is 0 Å². The number of methoxy groups -OCH3 is 1. The van der Waals surface area contributed by atoms with Crippen LogP contribution >= 0.6 is 0 Å². The molecule has 5 nitrogen and oxygen atoms in total. The third-order valence-corrected chi connectivity index (χ3v) is 2.76. The molecule has 1 aromatic heterocycles. The van der Waals surface area contributed by atoms with Crippen LogP contribution in [0.3, 0.4) is 0 Å². The Kier molecular flexibility index (Phi) is 3.06. The fourth-order valence-electron chi connectivity index (χ4n) is 1.91. The second kappa shape index (κ2) is 4.52. The molecule has 0 unspecified atom stereocenters. The Morgan fingerprint density at radius 3 is 2.61 bits per heavy atom. The number of aryl methyl sites for hydroxylation is 2. The SMILES string of the molecule is COc1ccc(-c2c(C)noc2C)c(C(=O)O)c1. The van der Waals surface area contributed by atoms with Gasteiger partial charge in [0.15, 0.2) is 0 Å². The van der Waals surface area contributed by atoms with Crippen LogP contribution in [0.5, 0.6) is 5.75 Å². The van der Waals surface area contributed by atoms with Crippen molar-refractivity contribution in [1.82, 2.24) is 5.16 Å². The van der Waals surface area contributed by atoms with Crippen molar-refractivity contribution in [3.8, 4) is 16.9 Å². The maximum absolute atomic E-state index is 11.3. The lowest BCUT2D eigenvalue weighted by molar-refractivity contribution is 0.0697. The summed E-state index contributed by atoms with van der Waals surface area (Å²) in [4.78, 5) is 11.3. The van der Waals surface area contributed by atoms with Crippen LogP contribution in [-0.2, 0) is 0 Å². The van der Waals surface area contributed by atoms with E-state index in [-0.39, 0.29) is 5.56 Å². The highest BCUT2D eigenvalue weighted by molar-refractivity contribution is 5.97. The number of hydrogen-bond acceptors (Lipinski definition) is 4. The van der Waals surface area contributed by atoms with Crippen LogP contribution in [0.1, 0.15) is 21.8 Å². The van der Waals surface area contributed by atoms with Gasteiger partial charge in [-0.25, -0.2) is 4.79 Å². The molecule has 0 aliphatic carbocycles. The van der Waals surface area contributed by atoms with E-state index in [4.69, 9.17) is 9.26 Å². The first-order valence-corrected chi connectivity index (χ1v) is 5.39. The first kappa shape index (κ1) is 12.2. The van der Waals surface area contributed by atoms with Gasteiger partial charge >= 0.3 is 5.97 Å². The van der Waals surface area contributed by atoms with Gasteiger partial charge in [-0.2, -0.15) is 0 Å². The minimum Gasteiger partial charge on any atom is -0.497 e. The molecule has 1 N–H and O–H groups in total. The number of aromatic nitrogens is 1. The summed E-state index contributed by atoms with van der Waals surface area (Å²) >= 11 is 0. The lowest BCUT2D eigenvalue weighted by atomic mass is 9.98. The Bertz CT molecular complexity index is 582. The maximum atomic E-state index is 11.3. The van der Waals surface area contributed by atoms with E-state index in [9.17, 15) is 9.90 Å². The van der Waals surface area contributed by atoms with Gasteiger partial charge in [0.1, 0.15) is 11.5 Å². The molecule has 0 radical (unpaired) electrons. The Hall–Kier alpha value is -2.30. The predicted molar refractivity (Wildman–Crippen MR) is 64.9 cm³/mol. The number of aromatic carboxylic acids is 1. The largest absolute Gasteiger partial charge is 0.497 e. The number of carboxylic acid groups (broad SMARTS) is 1. The minimum absolute atomic E-state index is 0.170. The summed E-state index contributed by atoms with van der Waals surface area (Å²) in [6.07, 6.45) is 0. The zero-order valence-electron chi connectivity index (χ0n) is 10.4. The fraction of sp³-hybridized carbons (Fsp3) is 0.231. The molecular formula is C13H13NO4. The van der Waals surface area contributed by atoms with Crippen LogP contribution in [-0.4, -0.2) is 23.3 Å². The molecule has 2 aromatic rings. The molecule has 0 saturated carbocycles. The van der Waals surface area contributed by atoms with Crippen molar-refractivity contribution in [3.05, 3.63) is 35.2 Å². The van der Waals surface area contributed by atoms with E-state index in [0.29, 0.717) is 22.8 Å². The third-order valence-electron chi connectivity index (χ3n) is 2.76. The van der Waals surface area contributed by atoms with Crippen molar-refractivity contribution in [3.63, 3.8) is 0 Å². The second-order valence-electron chi connectivity index (χ2n) is 3.92. The normalized spacial score (nSPS) is 10.4. The second-order valence-corrected chi connectivity index (χ2v) is 3.92. The van der Waals surface area contributed by atoms with Gasteiger partial charge < -0.3 is 14.4 Å². The summed E-state index contributed by atoms with van der Waals surface area (Å²) in [5, 5.41) is 13.1. The molecule has 0 amide bonds. The molecule has 0 saturated heterocycles. The molecular weight excluding hydrogens is 234 g/mol. The zero-order valence-corrected chi connectivity index (χ0v) is 10.4. The molecule has 0 bridgehead atoms. The molecule has 18 heavy (non-hydrogen) atoms. The van der Waals surface area contributed by atoms with Crippen LogP contribution in [0, 0.1) is 13.8 Å². The molecule has 2 rings (SSSR count). The first-order valence-electron chi connectivity index (χ1n) is 5.39. The Balaban J connectivity index is 2.68. The van der Waals surface area contributed by atoms with Crippen molar-refractivity contribution in [1.29, 1.82) is 0 Å². The van der Waals surface area contributed by atoms with E-state index in [1.165, 1.54) is 13.2 Å². The Morgan fingerprint density at radius 1 is 1.39 bits per heavy atom. The van der Waals surface area contributed by atoms with Gasteiger partial charge in [-0.3, -0.25) is 0 Å². The van der Waals surface area contributed by atoms with Gasteiger partial charge in [0, 0.05) is 11.1 Å². The molecule has 0 spiro atoms. The molecule has 1 heterocycles. The van der Waals surface area contributed by atoms with Crippen LogP contribution in [0.25, 0.3) is 11.1 Å². The van der Waals surface area contributed by atoms with Crippen LogP contribution in [0.15, 0.2) is 22.7 Å². The molecule has 0 atom stereocenters. The summed E-state index contributed by atoms with van der Waals surface area (Å²) < 4.78 is 10.1. The summed E-state index contributed by atoms with van der Waals surface area (Å²) in [6.45, 7) is 3.53. The highest BCUT2D eigenvalue weighted by Crippen LogP contribution is 2.32. The quantitative estimate of drug-likeness (QED) is 0.902. The molecule has 0 aliphatic heterocycles. The molecule has 1 aromatic carbocycles. The lowest BCUT2D eigenvalue weighted by Crippen LogP contribution is -2.01. The van der Waals surface area contributed by atoms with Gasteiger partial charge in [-0.1, -0.05) is 5.16 Å². The van der Waals surface area contributed by atoms with E-state index in [2.05, 4.69) is 5.16 Å². The summed E-state index contributed by atoms with van der Waals surface area (Å²) in [6, 6.07) is 4.91. The third kappa shape index (κ3) is 1.95. The number of ether oxygens (including phenoxy) is 1. The average Bonchev–Trinajstić information content (AvgIpc) is 2.68. The monoisotopic (exact) mass is 247 g/mol. The van der Waals surface area contributed by atoms with E-state index in [0.717, 1.165) is 5.56 Å². The number of carboxylic acids is 1. The predicted octanol–water partition coefficient (Wildman–Crippen LogP) is 2.67. The smallest absolute Gasteiger partial charge is 0.336 e. The number of carbonyl (C=O) groups is 1. The van der Waals surface area contributed by atoms with Gasteiger partial charge in [0.2, 0.25) is 0 Å². The number of hydrogen-bond donors (Lipinski definition) is 1. The Morgan fingerprint density at radius 2 is 2.11 bits per heavy atom. The van der Waals surface area contributed by atoms with Gasteiger partial charge in [0.05, 0.1) is 18.4 Å². The van der Waals surface area contributed by atoms with Crippen LogP contribution in [0.2, 0.25) is 0 Å². The van der Waals surface area contributed by atoms with Crippen LogP contribution < -0.4 is 4.74 Å². The van der Waals surface area contributed by atoms with Crippen molar-refractivity contribution in [2.24, 2.45) is 0 Å². The van der Waals surface area contributed by atoms with Gasteiger partial charge in [-0.05, 0) is 32.0 Å². The van der Waals surface area contributed by atoms with Crippen molar-refractivity contribution < 1.29 is 19.2 Å². The van der Waals surface area contributed by atoms with Crippen molar-refractivity contribution in [2.45, 2.75) is 13.8 Å². The zero-order chi connectivity index (χ0) is 13.3. The summed E-state index contributed by atoms with van der Waals surface area (Å²) in [5.41, 5.74) is 2.14. The average molecular weight is 247 g/mol. The van der Waals surface area contributed by atoms with Gasteiger partial charge in [-0.15, -0.1) is 0 Å². The molecule has 0 fully saturated rings. The van der Waals surface area contributed by atoms with Crippen molar-refractivity contribution in [2.75, 3.05) is 7.11 Å². The maximum Gasteiger partial charge on any atom is 0.336 e. The van der Waals surface area contributed by atoms with E-state index >= 15 is 0 Å². The van der Waals surface area contributed by atoms with Gasteiger partial charge in [0.25, 0.3) is 0 Å². The van der Waals surface area contributed by atoms with Crippen LogP contribution in [0.4, 0.5) is 0 Å². The first-order chi connectivity index (χ1) is 8.54. The number of benzene rings is 1. The van der Waals surface area contributed by atoms with E-state index < -0.39 is 5.97 Å². The fourth-order valence-corrected chi connectivity index (χ4v) is 1.91.